The number of sulfonamides is 1. The van der Waals surface area contributed by atoms with Crippen molar-refractivity contribution in [2.75, 3.05) is 16.3 Å². The SMILES string of the molecule is N#C/C(=N\Nc1cc(S(=O)(=O)N2CCCc3ccccc32)ccc1Cl)C(=N)N. The van der Waals surface area contributed by atoms with Crippen LogP contribution >= 0.6 is 11.6 Å². The van der Waals surface area contributed by atoms with E-state index in [1.165, 1.54) is 22.5 Å². The van der Waals surface area contributed by atoms with Gasteiger partial charge >= 0.3 is 0 Å². The monoisotopic (exact) mass is 416 g/mol. The molecule has 1 aliphatic rings. The summed E-state index contributed by atoms with van der Waals surface area (Å²) in [6, 6.07) is 13.3. The van der Waals surface area contributed by atoms with Gasteiger partial charge in [-0.1, -0.05) is 29.8 Å². The number of halogens is 1. The maximum atomic E-state index is 13.2. The second-order valence-corrected chi connectivity index (χ2v) is 8.32. The molecule has 10 heteroatoms. The molecule has 0 aliphatic carbocycles. The molecule has 8 nitrogen and oxygen atoms in total. The maximum absolute atomic E-state index is 13.2. The predicted octanol–water partition coefficient (Wildman–Crippen LogP) is 2.71. The topological polar surface area (TPSA) is 135 Å². The van der Waals surface area contributed by atoms with E-state index < -0.39 is 15.9 Å². The fourth-order valence-electron chi connectivity index (χ4n) is 2.89. The molecule has 1 aliphatic heterocycles. The maximum Gasteiger partial charge on any atom is 0.264 e. The lowest BCUT2D eigenvalue weighted by atomic mass is 10.0. The van der Waals surface area contributed by atoms with Crippen LogP contribution in [0.2, 0.25) is 5.02 Å². The average molecular weight is 417 g/mol. The molecule has 0 radical (unpaired) electrons. The number of anilines is 2. The molecule has 1 heterocycles. The summed E-state index contributed by atoms with van der Waals surface area (Å²) in [5.74, 6) is -0.514. The summed E-state index contributed by atoms with van der Waals surface area (Å²) < 4.78 is 27.8. The second-order valence-electron chi connectivity index (χ2n) is 6.05. The molecule has 0 amide bonds. The Bertz CT molecular complexity index is 1110. The van der Waals surface area contributed by atoms with Gasteiger partial charge in [0.2, 0.25) is 5.71 Å². The summed E-state index contributed by atoms with van der Waals surface area (Å²) in [7, 11) is -3.82. The minimum Gasteiger partial charge on any atom is -0.382 e. The Morgan fingerprint density at radius 3 is 2.79 bits per heavy atom. The Morgan fingerprint density at radius 1 is 1.32 bits per heavy atom. The summed E-state index contributed by atoms with van der Waals surface area (Å²) in [6.07, 6.45) is 1.55. The van der Waals surface area contributed by atoms with Gasteiger partial charge in [-0.25, -0.2) is 8.42 Å². The first kappa shape index (κ1) is 19.7. The summed E-state index contributed by atoms with van der Waals surface area (Å²) in [5, 5.41) is 20.1. The first-order chi connectivity index (χ1) is 13.3. The predicted molar refractivity (Wildman–Crippen MR) is 109 cm³/mol. The molecule has 28 heavy (non-hydrogen) atoms. The van der Waals surface area contributed by atoms with E-state index in [1.807, 2.05) is 12.1 Å². The number of nitrogens with zero attached hydrogens (tertiary/aromatic N) is 3. The lowest BCUT2D eigenvalue weighted by molar-refractivity contribution is 0.586. The molecule has 4 N–H and O–H groups in total. The van der Waals surface area contributed by atoms with E-state index in [2.05, 4.69) is 10.5 Å². The molecule has 0 atom stereocenters. The van der Waals surface area contributed by atoms with Crippen LogP contribution in [0.5, 0.6) is 0 Å². The van der Waals surface area contributed by atoms with Crippen LogP contribution < -0.4 is 15.5 Å². The van der Waals surface area contributed by atoms with Crippen molar-refractivity contribution in [3.63, 3.8) is 0 Å². The normalized spacial score (nSPS) is 14.1. The van der Waals surface area contributed by atoms with E-state index >= 15 is 0 Å². The molecule has 144 valence electrons. The van der Waals surface area contributed by atoms with E-state index in [0.717, 1.165) is 18.4 Å². The van der Waals surface area contributed by atoms with Crippen LogP contribution in [0.1, 0.15) is 12.0 Å². The van der Waals surface area contributed by atoms with Crippen LogP contribution in [0, 0.1) is 16.7 Å². The van der Waals surface area contributed by atoms with Crippen molar-refractivity contribution < 1.29 is 8.42 Å². The molecule has 0 fully saturated rings. The van der Waals surface area contributed by atoms with Gasteiger partial charge in [-0.3, -0.25) is 15.1 Å². The van der Waals surface area contributed by atoms with Crippen LogP contribution in [-0.2, 0) is 16.4 Å². The van der Waals surface area contributed by atoms with Gasteiger partial charge in [0.15, 0.2) is 5.84 Å². The van der Waals surface area contributed by atoms with Crippen molar-refractivity contribution in [3.05, 3.63) is 53.1 Å². The number of nitrogens with two attached hydrogens (primary N) is 1. The van der Waals surface area contributed by atoms with Crippen LogP contribution in [0.15, 0.2) is 52.5 Å². The van der Waals surface area contributed by atoms with Gasteiger partial charge in [0, 0.05) is 6.54 Å². The van der Waals surface area contributed by atoms with Gasteiger partial charge in [0.25, 0.3) is 10.0 Å². The molecule has 0 aromatic heterocycles. The standard InChI is InChI=1S/C18H17ClN6O2S/c19-14-8-7-13(10-15(14)23-24-16(11-20)18(21)22)28(26,27)25-9-3-5-12-4-1-2-6-17(12)25/h1-2,4,6-8,10,23H,3,5,9H2,(H3,21,22)/b24-16+. The van der Waals surface area contributed by atoms with E-state index in [9.17, 15) is 8.42 Å². The Labute approximate surface area is 167 Å². The summed E-state index contributed by atoms with van der Waals surface area (Å²) in [6.45, 7) is 0.381. The lowest BCUT2D eigenvalue weighted by Crippen LogP contribution is -2.35. The number of nitriles is 1. The third-order valence-electron chi connectivity index (χ3n) is 4.24. The molecule has 0 saturated heterocycles. The van der Waals surface area contributed by atoms with Gasteiger partial charge in [-0.2, -0.15) is 10.4 Å². The first-order valence-electron chi connectivity index (χ1n) is 8.33. The fraction of sp³-hybridized carbons (Fsp3) is 0.167. The zero-order valence-electron chi connectivity index (χ0n) is 14.7. The third kappa shape index (κ3) is 3.78. The zero-order valence-corrected chi connectivity index (χ0v) is 16.3. The van der Waals surface area contributed by atoms with Gasteiger partial charge in [0.05, 0.1) is 21.3 Å². The Morgan fingerprint density at radius 2 is 2.07 bits per heavy atom. The zero-order chi connectivity index (χ0) is 20.3. The number of hydrogen-bond donors (Lipinski definition) is 3. The van der Waals surface area contributed by atoms with Crippen molar-refractivity contribution in [2.24, 2.45) is 10.8 Å². The number of rotatable bonds is 5. The minimum absolute atomic E-state index is 0.0348. The van der Waals surface area contributed by atoms with Crippen LogP contribution in [-0.4, -0.2) is 26.5 Å². The largest absolute Gasteiger partial charge is 0.382 e. The van der Waals surface area contributed by atoms with E-state index in [1.54, 1.807) is 18.2 Å². The highest BCUT2D eigenvalue weighted by Gasteiger charge is 2.29. The van der Waals surface area contributed by atoms with Gasteiger partial charge in [-0.15, -0.1) is 0 Å². The number of fused-ring (bicyclic) bond motifs is 1. The van der Waals surface area contributed by atoms with E-state index in [-0.39, 0.29) is 21.3 Å². The molecule has 0 bridgehead atoms. The molecule has 2 aromatic rings. The van der Waals surface area contributed by atoms with Crippen molar-refractivity contribution in [1.29, 1.82) is 10.7 Å². The fourth-order valence-corrected chi connectivity index (χ4v) is 4.62. The quantitative estimate of drug-likeness (QED) is 0.391. The Balaban J connectivity index is 1.99. The first-order valence-corrected chi connectivity index (χ1v) is 10.1. The van der Waals surface area contributed by atoms with E-state index in [0.29, 0.717) is 12.2 Å². The van der Waals surface area contributed by atoms with Crippen molar-refractivity contribution in [1.82, 2.24) is 0 Å². The molecule has 0 saturated carbocycles. The highest BCUT2D eigenvalue weighted by Crippen LogP contribution is 2.33. The van der Waals surface area contributed by atoms with Crippen LogP contribution in [0.4, 0.5) is 11.4 Å². The highest BCUT2D eigenvalue weighted by atomic mass is 35.5. The molecule has 0 unspecified atom stereocenters. The average Bonchev–Trinajstić information content (AvgIpc) is 2.68. The third-order valence-corrected chi connectivity index (χ3v) is 6.38. The minimum atomic E-state index is -3.82. The van der Waals surface area contributed by atoms with Gasteiger partial charge in [0.1, 0.15) is 6.07 Å². The van der Waals surface area contributed by atoms with Crippen molar-refractivity contribution in [2.45, 2.75) is 17.7 Å². The number of nitrogens with one attached hydrogen (secondary N) is 2. The van der Waals surface area contributed by atoms with E-state index in [4.69, 9.17) is 28.0 Å². The lowest BCUT2D eigenvalue weighted by Gasteiger charge is -2.30. The Hall–Kier alpha value is -3.09. The Kier molecular flexibility index (Phi) is 5.53. The van der Waals surface area contributed by atoms with Gasteiger partial charge in [-0.05, 0) is 42.7 Å². The molecule has 2 aromatic carbocycles. The van der Waals surface area contributed by atoms with Crippen LogP contribution in [0.3, 0.4) is 0 Å². The summed E-state index contributed by atoms with van der Waals surface area (Å²) in [5.41, 5.74) is 9.25. The molecule has 0 spiro atoms. The number of benzene rings is 2. The number of hydrogen-bond acceptors (Lipinski definition) is 6. The number of para-hydroxylation sites is 1. The van der Waals surface area contributed by atoms with Crippen molar-refractivity contribution in [3.8, 4) is 6.07 Å². The van der Waals surface area contributed by atoms with Gasteiger partial charge < -0.3 is 5.73 Å². The summed E-state index contributed by atoms with van der Waals surface area (Å²) >= 11 is 6.11. The smallest absolute Gasteiger partial charge is 0.264 e. The molecular formula is C18H17ClN6O2S. The van der Waals surface area contributed by atoms with Crippen molar-refractivity contribution >= 4 is 44.5 Å². The summed E-state index contributed by atoms with van der Waals surface area (Å²) in [4.78, 5) is 0.0348. The number of hydrazone groups is 1. The second kappa shape index (κ2) is 7.88. The molecule has 3 rings (SSSR count). The molecular weight excluding hydrogens is 400 g/mol. The number of aryl methyl sites for hydroxylation is 1. The number of amidine groups is 1. The highest BCUT2D eigenvalue weighted by molar-refractivity contribution is 7.92. The van der Waals surface area contributed by atoms with Crippen LogP contribution in [0.25, 0.3) is 0 Å².